The second-order valence-corrected chi connectivity index (χ2v) is 5.35. The van der Waals surface area contributed by atoms with Crippen molar-refractivity contribution < 1.29 is 5.11 Å². The molecular weight excluding hydrogens is 272 g/mol. The molecule has 1 atom stereocenters. The third kappa shape index (κ3) is 2.09. The highest BCUT2D eigenvalue weighted by molar-refractivity contribution is 6.30. The van der Waals surface area contributed by atoms with Crippen LogP contribution in [0.25, 0.3) is 16.9 Å². The van der Waals surface area contributed by atoms with Crippen molar-refractivity contribution in [1.29, 1.82) is 0 Å². The van der Waals surface area contributed by atoms with E-state index in [0.717, 1.165) is 28.2 Å². The Kier molecular flexibility index (Phi) is 3.24. The number of aliphatic hydroxyl groups excluding tert-OH is 1. The minimum Gasteiger partial charge on any atom is -0.387 e. The summed E-state index contributed by atoms with van der Waals surface area (Å²) in [4.78, 5) is 4.69. The Bertz CT molecular complexity index is 760. The van der Waals surface area contributed by atoms with Gasteiger partial charge in [-0.3, -0.25) is 0 Å². The van der Waals surface area contributed by atoms with Gasteiger partial charge in [-0.15, -0.1) is 0 Å². The molecule has 1 aromatic carbocycles. The first kappa shape index (κ1) is 13.2. The lowest BCUT2D eigenvalue weighted by atomic mass is 10.1. The third-order valence-corrected chi connectivity index (χ3v) is 3.65. The zero-order valence-corrected chi connectivity index (χ0v) is 12.1. The molecule has 2 aromatic heterocycles. The van der Waals surface area contributed by atoms with E-state index in [4.69, 9.17) is 16.6 Å². The van der Waals surface area contributed by atoms with Gasteiger partial charge in [-0.05, 0) is 37.6 Å². The van der Waals surface area contributed by atoms with Crippen LogP contribution in [0.2, 0.25) is 5.02 Å². The molecule has 3 aromatic rings. The number of nitrogens with zero attached hydrogens (tertiary/aromatic N) is 2. The minimum atomic E-state index is -0.600. The number of aliphatic hydroxyl groups is 1. The number of pyridine rings is 1. The SMILES string of the molecule is Cc1cccn2c(C(C)O)c(-c3ccc(Cl)cc3)nc12. The molecule has 0 saturated heterocycles. The van der Waals surface area contributed by atoms with Crippen molar-refractivity contribution in [3.05, 3.63) is 58.9 Å². The van der Waals surface area contributed by atoms with Crippen LogP contribution in [-0.4, -0.2) is 14.5 Å². The maximum absolute atomic E-state index is 10.1. The van der Waals surface area contributed by atoms with Gasteiger partial charge in [0, 0.05) is 16.8 Å². The van der Waals surface area contributed by atoms with E-state index in [0.29, 0.717) is 5.02 Å². The Labute approximate surface area is 122 Å². The van der Waals surface area contributed by atoms with Crippen LogP contribution in [0.4, 0.5) is 0 Å². The molecule has 102 valence electrons. The van der Waals surface area contributed by atoms with Gasteiger partial charge in [-0.25, -0.2) is 4.98 Å². The first-order valence-corrected chi connectivity index (χ1v) is 6.87. The predicted molar refractivity (Wildman–Crippen MR) is 81.0 cm³/mol. The van der Waals surface area contributed by atoms with Gasteiger partial charge in [0.2, 0.25) is 0 Å². The average Bonchev–Trinajstić information content (AvgIpc) is 2.80. The summed E-state index contributed by atoms with van der Waals surface area (Å²) in [6, 6.07) is 11.5. The smallest absolute Gasteiger partial charge is 0.140 e. The molecule has 0 saturated carbocycles. The first-order chi connectivity index (χ1) is 9.58. The molecule has 0 bridgehead atoms. The quantitative estimate of drug-likeness (QED) is 0.773. The molecule has 0 fully saturated rings. The topological polar surface area (TPSA) is 37.5 Å². The number of imidazole rings is 1. The molecule has 0 aliphatic carbocycles. The summed E-state index contributed by atoms with van der Waals surface area (Å²) in [5.74, 6) is 0. The molecule has 1 unspecified atom stereocenters. The van der Waals surface area contributed by atoms with Crippen molar-refractivity contribution in [2.75, 3.05) is 0 Å². The number of halogens is 1. The van der Waals surface area contributed by atoms with Gasteiger partial charge >= 0.3 is 0 Å². The van der Waals surface area contributed by atoms with Crippen LogP contribution in [0, 0.1) is 6.92 Å². The molecule has 0 aliphatic rings. The molecule has 1 N–H and O–H groups in total. The fourth-order valence-corrected chi connectivity index (χ4v) is 2.57. The Morgan fingerprint density at radius 1 is 1.20 bits per heavy atom. The zero-order chi connectivity index (χ0) is 14.3. The molecule has 0 spiro atoms. The lowest BCUT2D eigenvalue weighted by molar-refractivity contribution is 0.194. The van der Waals surface area contributed by atoms with Crippen molar-refractivity contribution in [3.8, 4) is 11.3 Å². The van der Waals surface area contributed by atoms with E-state index in [1.165, 1.54) is 0 Å². The number of hydrogen-bond donors (Lipinski definition) is 1. The largest absolute Gasteiger partial charge is 0.387 e. The zero-order valence-electron chi connectivity index (χ0n) is 11.3. The van der Waals surface area contributed by atoms with Gasteiger partial charge in [0.15, 0.2) is 0 Å². The Morgan fingerprint density at radius 3 is 2.55 bits per heavy atom. The highest BCUT2D eigenvalue weighted by Crippen LogP contribution is 2.30. The predicted octanol–water partition coefficient (Wildman–Crippen LogP) is 4.02. The lowest BCUT2D eigenvalue weighted by Gasteiger charge is -2.08. The van der Waals surface area contributed by atoms with E-state index < -0.39 is 6.10 Å². The van der Waals surface area contributed by atoms with Crippen LogP contribution in [0.1, 0.15) is 24.3 Å². The lowest BCUT2D eigenvalue weighted by Crippen LogP contribution is -1.99. The highest BCUT2D eigenvalue weighted by atomic mass is 35.5. The van der Waals surface area contributed by atoms with Crippen LogP contribution in [0.5, 0.6) is 0 Å². The summed E-state index contributed by atoms with van der Waals surface area (Å²) in [6.07, 6.45) is 1.33. The molecule has 2 heterocycles. The summed E-state index contributed by atoms with van der Waals surface area (Å²) in [5.41, 5.74) is 4.49. The molecule has 0 aliphatic heterocycles. The second kappa shape index (κ2) is 4.93. The molecule has 3 rings (SSSR count). The normalized spacial score (nSPS) is 12.8. The van der Waals surface area contributed by atoms with Crippen molar-refractivity contribution in [2.45, 2.75) is 20.0 Å². The summed E-state index contributed by atoms with van der Waals surface area (Å²) in [7, 11) is 0. The third-order valence-electron chi connectivity index (χ3n) is 3.40. The van der Waals surface area contributed by atoms with E-state index >= 15 is 0 Å². The summed E-state index contributed by atoms with van der Waals surface area (Å²) >= 11 is 5.93. The van der Waals surface area contributed by atoms with E-state index in [1.54, 1.807) is 6.92 Å². The number of aryl methyl sites for hydroxylation is 1. The minimum absolute atomic E-state index is 0.600. The molecule has 0 amide bonds. The van der Waals surface area contributed by atoms with Gasteiger partial charge in [0.25, 0.3) is 0 Å². The monoisotopic (exact) mass is 286 g/mol. The summed E-state index contributed by atoms with van der Waals surface area (Å²) < 4.78 is 1.95. The van der Waals surface area contributed by atoms with Crippen LogP contribution in [0.3, 0.4) is 0 Å². The Morgan fingerprint density at radius 2 is 1.90 bits per heavy atom. The number of hydrogen-bond acceptors (Lipinski definition) is 2. The fraction of sp³-hybridized carbons (Fsp3) is 0.188. The average molecular weight is 287 g/mol. The van der Waals surface area contributed by atoms with Crippen LogP contribution >= 0.6 is 11.6 Å². The van der Waals surface area contributed by atoms with E-state index in [1.807, 2.05) is 53.9 Å². The van der Waals surface area contributed by atoms with E-state index in [-0.39, 0.29) is 0 Å². The van der Waals surface area contributed by atoms with Gasteiger partial charge in [0.05, 0.1) is 17.5 Å². The highest BCUT2D eigenvalue weighted by Gasteiger charge is 2.18. The van der Waals surface area contributed by atoms with Crippen molar-refractivity contribution >= 4 is 17.2 Å². The molecular formula is C16H15ClN2O. The van der Waals surface area contributed by atoms with E-state index in [2.05, 4.69) is 0 Å². The van der Waals surface area contributed by atoms with Gasteiger partial charge in [-0.2, -0.15) is 0 Å². The maximum Gasteiger partial charge on any atom is 0.140 e. The molecule has 20 heavy (non-hydrogen) atoms. The van der Waals surface area contributed by atoms with Crippen LogP contribution in [-0.2, 0) is 0 Å². The molecule has 3 nitrogen and oxygen atoms in total. The van der Waals surface area contributed by atoms with Crippen LogP contribution in [0.15, 0.2) is 42.6 Å². The van der Waals surface area contributed by atoms with Crippen molar-refractivity contribution in [3.63, 3.8) is 0 Å². The standard InChI is InChI=1S/C16H15ClN2O/c1-10-4-3-9-19-15(11(2)20)14(18-16(10)19)12-5-7-13(17)8-6-12/h3-9,11,20H,1-2H3. The number of rotatable bonds is 2. The molecule has 4 heteroatoms. The first-order valence-electron chi connectivity index (χ1n) is 6.49. The van der Waals surface area contributed by atoms with E-state index in [9.17, 15) is 5.11 Å². The van der Waals surface area contributed by atoms with Crippen molar-refractivity contribution in [1.82, 2.24) is 9.38 Å². The van der Waals surface area contributed by atoms with Gasteiger partial charge in [0.1, 0.15) is 5.65 Å². The number of fused-ring (bicyclic) bond motifs is 1. The Balaban J connectivity index is 2.32. The van der Waals surface area contributed by atoms with Gasteiger partial charge in [-0.1, -0.05) is 29.8 Å². The van der Waals surface area contributed by atoms with Crippen molar-refractivity contribution in [2.24, 2.45) is 0 Å². The van der Waals surface area contributed by atoms with Crippen LogP contribution < -0.4 is 0 Å². The fourth-order valence-electron chi connectivity index (χ4n) is 2.44. The summed E-state index contributed by atoms with van der Waals surface area (Å²) in [6.45, 7) is 3.77. The summed E-state index contributed by atoms with van der Waals surface area (Å²) in [5, 5.41) is 10.8. The number of benzene rings is 1. The second-order valence-electron chi connectivity index (χ2n) is 4.91. The maximum atomic E-state index is 10.1. The van der Waals surface area contributed by atoms with Gasteiger partial charge < -0.3 is 9.51 Å². The molecule has 0 radical (unpaired) electrons. The Hall–Kier alpha value is -1.84. The number of aromatic nitrogens is 2.